The zero-order valence-electron chi connectivity index (χ0n) is 20.5. The maximum atomic E-state index is 13.6. The Hall–Kier alpha value is -3.08. The number of halogens is 1. The van der Waals surface area contributed by atoms with E-state index in [1.54, 1.807) is 0 Å². The molecule has 0 bridgehead atoms. The minimum absolute atomic E-state index is 0.0111. The summed E-state index contributed by atoms with van der Waals surface area (Å²) in [6.07, 6.45) is 2.01. The molecule has 180 valence electrons. The van der Waals surface area contributed by atoms with Gasteiger partial charge in [-0.3, -0.25) is 4.79 Å². The molecule has 0 unspecified atom stereocenters. The molecule has 5 rings (SSSR count). The first-order valence-electron chi connectivity index (χ1n) is 12.6. The first kappa shape index (κ1) is 23.7. The Balaban J connectivity index is 1.84. The Bertz CT molecular complexity index is 1390. The van der Waals surface area contributed by atoms with Crippen molar-refractivity contribution in [3.8, 4) is 11.1 Å². The van der Waals surface area contributed by atoms with Crippen molar-refractivity contribution in [2.24, 2.45) is 0 Å². The van der Waals surface area contributed by atoms with Crippen molar-refractivity contribution in [3.63, 3.8) is 0 Å². The minimum Gasteiger partial charge on any atom is -0.368 e. The predicted molar refractivity (Wildman–Crippen MR) is 149 cm³/mol. The van der Waals surface area contributed by atoms with Crippen LogP contribution in [0.5, 0.6) is 0 Å². The van der Waals surface area contributed by atoms with E-state index in [4.69, 9.17) is 11.6 Å². The van der Waals surface area contributed by atoms with E-state index in [0.29, 0.717) is 6.54 Å². The molecular weight excluding hydrogens is 454 g/mol. The molecule has 4 nitrogen and oxygen atoms in total. The summed E-state index contributed by atoms with van der Waals surface area (Å²) in [6, 6.07) is 21.1. The molecule has 5 heteroatoms. The van der Waals surface area contributed by atoms with Gasteiger partial charge in [-0.05, 0) is 70.5 Å². The van der Waals surface area contributed by atoms with Crippen LogP contribution in [0.1, 0.15) is 35.7 Å². The smallest absolute Gasteiger partial charge is 0.253 e. The molecule has 0 atom stereocenters. The van der Waals surface area contributed by atoms with E-state index in [-0.39, 0.29) is 5.91 Å². The van der Waals surface area contributed by atoms with Gasteiger partial charge in [0.1, 0.15) is 0 Å². The highest BCUT2D eigenvalue weighted by Gasteiger charge is 2.24. The largest absolute Gasteiger partial charge is 0.368 e. The Labute approximate surface area is 212 Å². The van der Waals surface area contributed by atoms with Crippen molar-refractivity contribution < 1.29 is 4.79 Å². The van der Waals surface area contributed by atoms with Crippen LogP contribution in [0.3, 0.4) is 0 Å². The van der Waals surface area contributed by atoms with E-state index >= 15 is 0 Å². The van der Waals surface area contributed by atoms with Gasteiger partial charge in [-0.2, -0.15) is 0 Å². The summed E-state index contributed by atoms with van der Waals surface area (Å²) >= 11 is 6.56. The first-order valence-corrected chi connectivity index (χ1v) is 12.9. The highest BCUT2D eigenvalue weighted by molar-refractivity contribution is 6.32. The molecule has 2 N–H and O–H groups in total. The number of benzene rings is 4. The third-order valence-electron chi connectivity index (χ3n) is 7.03. The van der Waals surface area contributed by atoms with E-state index in [1.807, 2.05) is 12.1 Å². The normalized spacial score (nSPS) is 14.0. The zero-order valence-corrected chi connectivity index (χ0v) is 21.2. The third-order valence-corrected chi connectivity index (χ3v) is 7.44. The van der Waals surface area contributed by atoms with Crippen LogP contribution in [0.4, 0.5) is 5.69 Å². The molecule has 35 heavy (non-hydrogen) atoms. The van der Waals surface area contributed by atoms with Gasteiger partial charge in [-0.25, -0.2) is 0 Å². The topological polar surface area (TPSA) is 44.4 Å². The molecule has 0 spiro atoms. The van der Waals surface area contributed by atoms with Crippen molar-refractivity contribution in [2.45, 2.75) is 26.7 Å². The lowest BCUT2D eigenvalue weighted by Gasteiger charge is -2.33. The van der Waals surface area contributed by atoms with Crippen LogP contribution in [0, 0.1) is 6.92 Å². The summed E-state index contributed by atoms with van der Waals surface area (Å²) in [5.74, 6) is -0.0111. The number of fused-ring (bicyclic) bond motifs is 2. The van der Waals surface area contributed by atoms with Crippen LogP contribution in [0.2, 0.25) is 5.02 Å². The monoisotopic (exact) mass is 485 g/mol. The molecule has 1 aliphatic rings. The first-order chi connectivity index (χ1) is 17.1. The van der Waals surface area contributed by atoms with Crippen LogP contribution in [-0.4, -0.2) is 38.6 Å². The summed E-state index contributed by atoms with van der Waals surface area (Å²) in [7, 11) is 0. The molecular formula is C30H32ClN3O. The Kier molecular flexibility index (Phi) is 6.94. The SMILES string of the molecule is CCCCNC(=O)c1cc(-c2cccc(Cl)c2C)c2cc3ccccc3cc2c1N1CCNCC1. The maximum Gasteiger partial charge on any atom is 0.253 e. The number of rotatable bonds is 6. The second-order valence-corrected chi connectivity index (χ2v) is 9.73. The van der Waals surface area contributed by atoms with Crippen LogP contribution in [0.15, 0.2) is 60.7 Å². The van der Waals surface area contributed by atoms with E-state index in [9.17, 15) is 4.79 Å². The van der Waals surface area contributed by atoms with Crippen molar-refractivity contribution in [2.75, 3.05) is 37.6 Å². The molecule has 1 heterocycles. The molecule has 4 aromatic carbocycles. The van der Waals surface area contributed by atoms with Gasteiger partial charge in [0.2, 0.25) is 0 Å². The number of anilines is 1. The number of hydrogen-bond donors (Lipinski definition) is 2. The van der Waals surface area contributed by atoms with Gasteiger partial charge in [0.25, 0.3) is 5.91 Å². The van der Waals surface area contributed by atoms with E-state index in [1.165, 1.54) is 10.8 Å². The van der Waals surface area contributed by atoms with Crippen LogP contribution in [0.25, 0.3) is 32.7 Å². The second-order valence-electron chi connectivity index (χ2n) is 9.32. The Morgan fingerprint density at radius 1 is 0.971 bits per heavy atom. The predicted octanol–water partition coefficient (Wildman–Crippen LogP) is 6.56. The van der Waals surface area contributed by atoms with Gasteiger partial charge in [-0.1, -0.05) is 61.3 Å². The van der Waals surface area contributed by atoms with E-state index in [2.05, 4.69) is 77.9 Å². The molecule has 1 aliphatic heterocycles. The molecule has 1 amide bonds. The fourth-order valence-corrected chi connectivity index (χ4v) is 5.27. The maximum absolute atomic E-state index is 13.6. The molecule has 1 saturated heterocycles. The van der Waals surface area contributed by atoms with Gasteiger partial charge in [0, 0.05) is 43.1 Å². The number of nitrogens with zero attached hydrogens (tertiary/aromatic N) is 1. The fraction of sp³-hybridized carbons (Fsp3) is 0.300. The lowest BCUT2D eigenvalue weighted by Crippen LogP contribution is -2.44. The van der Waals surface area contributed by atoms with Gasteiger partial charge in [0.05, 0.1) is 11.3 Å². The number of unbranched alkanes of at least 4 members (excludes halogenated alkanes) is 1. The van der Waals surface area contributed by atoms with Crippen molar-refractivity contribution in [3.05, 3.63) is 76.8 Å². The van der Waals surface area contributed by atoms with Gasteiger partial charge in [0.15, 0.2) is 0 Å². The van der Waals surface area contributed by atoms with Crippen LogP contribution < -0.4 is 15.5 Å². The number of amides is 1. The lowest BCUT2D eigenvalue weighted by molar-refractivity contribution is 0.0953. The quantitative estimate of drug-likeness (QED) is 0.240. The lowest BCUT2D eigenvalue weighted by atomic mass is 9.89. The Morgan fingerprint density at radius 2 is 1.69 bits per heavy atom. The number of carbonyl (C=O) groups excluding carboxylic acids is 1. The summed E-state index contributed by atoms with van der Waals surface area (Å²) in [5, 5.41) is 12.0. The van der Waals surface area contributed by atoms with Crippen molar-refractivity contribution in [1.82, 2.24) is 10.6 Å². The highest BCUT2D eigenvalue weighted by Crippen LogP contribution is 2.42. The second kappa shape index (κ2) is 10.3. The average Bonchev–Trinajstić information content (AvgIpc) is 2.89. The fourth-order valence-electron chi connectivity index (χ4n) is 5.09. The molecule has 0 radical (unpaired) electrons. The summed E-state index contributed by atoms with van der Waals surface area (Å²) in [5.41, 5.74) is 4.90. The summed E-state index contributed by atoms with van der Waals surface area (Å²) in [6.45, 7) is 8.41. The number of carbonyl (C=O) groups is 1. The average molecular weight is 486 g/mol. The standard InChI is InChI=1S/C30H32ClN3O/c1-3-4-12-33-30(35)27-19-25(23-10-7-11-28(31)20(23)2)24-17-21-8-5-6-9-22(21)18-26(24)29(27)34-15-13-32-14-16-34/h5-11,17-19,32H,3-4,12-16H2,1-2H3,(H,33,35). The van der Waals surface area contributed by atoms with Crippen molar-refractivity contribution >= 4 is 44.7 Å². The molecule has 0 aliphatic carbocycles. The molecule has 0 aromatic heterocycles. The minimum atomic E-state index is -0.0111. The highest BCUT2D eigenvalue weighted by atomic mass is 35.5. The van der Waals surface area contributed by atoms with E-state index in [0.717, 1.165) is 82.8 Å². The van der Waals surface area contributed by atoms with Crippen LogP contribution in [-0.2, 0) is 0 Å². The van der Waals surface area contributed by atoms with Crippen molar-refractivity contribution in [1.29, 1.82) is 0 Å². The molecule has 0 saturated carbocycles. The molecule has 1 fully saturated rings. The summed E-state index contributed by atoms with van der Waals surface area (Å²) in [4.78, 5) is 16.0. The van der Waals surface area contributed by atoms with E-state index < -0.39 is 0 Å². The Morgan fingerprint density at radius 3 is 2.40 bits per heavy atom. The number of hydrogen-bond acceptors (Lipinski definition) is 3. The number of nitrogens with one attached hydrogen (secondary N) is 2. The molecule has 4 aromatic rings. The number of piperazine rings is 1. The van der Waals surface area contributed by atoms with Gasteiger partial charge >= 0.3 is 0 Å². The van der Waals surface area contributed by atoms with Gasteiger partial charge < -0.3 is 15.5 Å². The van der Waals surface area contributed by atoms with Gasteiger partial charge in [-0.15, -0.1) is 0 Å². The summed E-state index contributed by atoms with van der Waals surface area (Å²) < 4.78 is 0. The third kappa shape index (κ3) is 4.61. The zero-order chi connectivity index (χ0) is 24.4. The van der Waals surface area contributed by atoms with Crippen LogP contribution >= 0.6 is 11.6 Å².